The van der Waals surface area contributed by atoms with Crippen LogP contribution >= 0.6 is 22.6 Å². The van der Waals surface area contributed by atoms with Gasteiger partial charge < -0.3 is 4.42 Å². The van der Waals surface area contributed by atoms with E-state index in [0.717, 1.165) is 9.33 Å². The van der Waals surface area contributed by atoms with Crippen LogP contribution in [0.15, 0.2) is 46.4 Å². The van der Waals surface area contributed by atoms with E-state index in [1.165, 1.54) is 11.1 Å². The summed E-state index contributed by atoms with van der Waals surface area (Å²) in [6.07, 6.45) is 1.46. The largest absolute Gasteiger partial charge is 0.462 e. The van der Waals surface area contributed by atoms with Gasteiger partial charge >= 0.3 is 0 Å². The molecule has 1 aromatic carbocycles. The number of aryl methyl sites for hydroxylation is 1. The number of amides is 2. The molecule has 6 heteroatoms. The summed E-state index contributed by atoms with van der Waals surface area (Å²) in [7, 11) is 0. The topological polar surface area (TPSA) is 62.6 Å². The molecule has 1 aliphatic rings. The monoisotopic (exact) mass is 394 g/mol. The Bertz CT molecular complexity index is 747. The van der Waals surface area contributed by atoms with Gasteiger partial charge in [0.25, 0.3) is 11.8 Å². The van der Waals surface area contributed by atoms with Gasteiger partial charge in [-0.1, -0.05) is 0 Å². The van der Waals surface area contributed by atoms with Gasteiger partial charge in [-0.15, -0.1) is 0 Å². The molecule has 2 amide bonds. The Morgan fingerprint density at radius 2 is 1.86 bits per heavy atom. The van der Waals surface area contributed by atoms with Crippen molar-refractivity contribution in [2.45, 2.75) is 6.92 Å². The molecule has 0 atom stereocenters. The number of nitrogens with one attached hydrogen (secondary N) is 1. The lowest BCUT2D eigenvalue weighted by molar-refractivity contribution is -0.117. The van der Waals surface area contributed by atoms with Crippen LogP contribution in [0.25, 0.3) is 6.08 Å². The number of furan rings is 1. The van der Waals surface area contributed by atoms with Crippen molar-refractivity contribution in [2.75, 3.05) is 5.01 Å². The second-order valence-corrected chi connectivity index (χ2v) is 5.81. The molecule has 2 aromatic rings. The first-order chi connectivity index (χ1) is 10.0. The number of carbonyl (C=O) groups is 2. The molecule has 1 saturated heterocycles. The highest BCUT2D eigenvalue weighted by atomic mass is 127. The van der Waals surface area contributed by atoms with Crippen LogP contribution in [0.1, 0.15) is 11.5 Å². The molecule has 106 valence electrons. The standard InChI is InChI=1S/C15H11IN2O3/c1-9-2-7-12(21-9)8-13-14(19)17-18(15(13)20)11-5-3-10(16)4-6-11/h2-8H,1H3,(H,17,19)/b13-8+. The maximum absolute atomic E-state index is 12.3. The van der Waals surface area contributed by atoms with Crippen molar-refractivity contribution in [1.29, 1.82) is 0 Å². The summed E-state index contributed by atoms with van der Waals surface area (Å²) in [4.78, 5) is 24.3. The minimum Gasteiger partial charge on any atom is -0.462 e. The fourth-order valence-corrected chi connectivity index (χ4v) is 2.36. The highest BCUT2D eigenvalue weighted by Crippen LogP contribution is 2.22. The molecule has 21 heavy (non-hydrogen) atoms. The van der Waals surface area contributed by atoms with Gasteiger partial charge in [0.05, 0.1) is 5.69 Å². The molecule has 3 rings (SSSR count). The van der Waals surface area contributed by atoms with Crippen LogP contribution < -0.4 is 10.4 Å². The van der Waals surface area contributed by atoms with Gasteiger partial charge in [0.1, 0.15) is 17.1 Å². The van der Waals surface area contributed by atoms with E-state index in [9.17, 15) is 9.59 Å². The van der Waals surface area contributed by atoms with Gasteiger partial charge in [0.15, 0.2) is 0 Å². The van der Waals surface area contributed by atoms with Crippen LogP contribution in [0.5, 0.6) is 0 Å². The molecule has 0 spiro atoms. The lowest BCUT2D eigenvalue weighted by atomic mass is 10.2. The van der Waals surface area contributed by atoms with Crippen LogP contribution in [-0.4, -0.2) is 11.8 Å². The Morgan fingerprint density at radius 1 is 1.14 bits per heavy atom. The van der Waals surface area contributed by atoms with E-state index in [4.69, 9.17) is 4.42 Å². The minimum atomic E-state index is -0.437. The maximum atomic E-state index is 12.3. The zero-order chi connectivity index (χ0) is 15.0. The Balaban J connectivity index is 1.92. The molecule has 0 aliphatic carbocycles. The van der Waals surface area contributed by atoms with Crippen LogP contribution in [0.4, 0.5) is 5.69 Å². The summed E-state index contributed by atoms with van der Waals surface area (Å²) in [5.74, 6) is 0.375. The van der Waals surface area contributed by atoms with E-state index in [1.54, 1.807) is 31.2 Å². The number of halogens is 1. The lowest BCUT2D eigenvalue weighted by Gasteiger charge is -2.14. The van der Waals surface area contributed by atoms with E-state index >= 15 is 0 Å². The highest BCUT2D eigenvalue weighted by molar-refractivity contribution is 14.1. The van der Waals surface area contributed by atoms with Gasteiger partial charge in [-0.25, -0.2) is 5.01 Å². The third-order valence-electron chi connectivity index (χ3n) is 3.02. The Hall–Kier alpha value is -2.09. The first-order valence-corrected chi connectivity index (χ1v) is 7.31. The Labute approximate surface area is 134 Å². The van der Waals surface area contributed by atoms with Crippen molar-refractivity contribution in [3.05, 3.63) is 57.1 Å². The number of hydrogen-bond donors (Lipinski definition) is 1. The third-order valence-corrected chi connectivity index (χ3v) is 3.74. The van der Waals surface area contributed by atoms with Crippen LogP contribution in [0, 0.1) is 10.5 Å². The van der Waals surface area contributed by atoms with Crippen molar-refractivity contribution < 1.29 is 14.0 Å². The molecular weight excluding hydrogens is 383 g/mol. The summed E-state index contributed by atoms with van der Waals surface area (Å²) >= 11 is 2.18. The summed E-state index contributed by atoms with van der Waals surface area (Å²) in [5, 5.41) is 1.24. The second kappa shape index (κ2) is 5.36. The fraction of sp³-hybridized carbons (Fsp3) is 0.0667. The smallest absolute Gasteiger partial charge is 0.282 e. The predicted octanol–water partition coefficient (Wildman–Crippen LogP) is 2.65. The number of carbonyl (C=O) groups excluding carboxylic acids is 2. The molecule has 1 fully saturated rings. The number of rotatable bonds is 2. The summed E-state index contributed by atoms with van der Waals surface area (Å²) in [5.41, 5.74) is 3.23. The molecule has 1 aliphatic heterocycles. The molecule has 1 aromatic heterocycles. The van der Waals surface area contributed by atoms with Crippen LogP contribution in [-0.2, 0) is 9.59 Å². The SMILES string of the molecule is Cc1ccc(/C=C2\C(=O)NN(c3ccc(I)cc3)C2=O)o1. The Morgan fingerprint density at radius 3 is 2.48 bits per heavy atom. The number of anilines is 1. The summed E-state index contributed by atoms with van der Waals surface area (Å²) in [6, 6.07) is 10.8. The number of nitrogens with zero attached hydrogens (tertiary/aromatic N) is 1. The van der Waals surface area contributed by atoms with E-state index in [0.29, 0.717) is 11.4 Å². The fourth-order valence-electron chi connectivity index (χ4n) is 2.00. The van der Waals surface area contributed by atoms with Crippen molar-refractivity contribution in [2.24, 2.45) is 0 Å². The zero-order valence-corrected chi connectivity index (χ0v) is 13.2. The quantitative estimate of drug-likeness (QED) is 0.484. The summed E-state index contributed by atoms with van der Waals surface area (Å²) in [6.45, 7) is 1.80. The van der Waals surface area contributed by atoms with Gasteiger partial charge in [0, 0.05) is 3.57 Å². The Kier molecular flexibility index (Phi) is 3.54. The van der Waals surface area contributed by atoms with Crippen LogP contribution in [0.2, 0.25) is 0 Å². The maximum Gasteiger partial charge on any atom is 0.282 e. The number of hydrogen-bond acceptors (Lipinski definition) is 3. The first kappa shape index (κ1) is 13.9. The first-order valence-electron chi connectivity index (χ1n) is 6.24. The normalized spacial score (nSPS) is 16.7. The van der Waals surface area contributed by atoms with Crippen molar-refractivity contribution >= 4 is 46.2 Å². The number of hydrazine groups is 1. The second-order valence-electron chi connectivity index (χ2n) is 4.56. The van der Waals surface area contributed by atoms with E-state index in [-0.39, 0.29) is 5.57 Å². The molecular formula is C15H11IN2O3. The molecule has 1 N–H and O–H groups in total. The van der Waals surface area contributed by atoms with Crippen LogP contribution in [0.3, 0.4) is 0 Å². The molecule has 0 radical (unpaired) electrons. The van der Waals surface area contributed by atoms with E-state index in [1.807, 2.05) is 12.1 Å². The van der Waals surface area contributed by atoms with Gasteiger partial charge in [0.2, 0.25) is 0 Å². The van der Waals surface area contributed by atoms with Gasteiger partial charge in [-0.2, -0.15) is 0 Å². The van der Waals surface area contributed by atoms with E-state index < -0.39 is 11.8 Å². The average Bonchev–Trinajstić information content (AvgIpc) is 2.98. The lowest BCUT2D eigenvalue weighted by Crippen LogP contribution is -2.35. The van der Waals surface area contributed by atoms with Gasteiger partial charge in [-0.05, 0) is 72.0 Å². The molecule has 2 heterocycles. The molecule has 0 unspecified atom stereocenters. The zero-order valence-electron chi connectivity index (χ0n) is 11.1. The third kappa shape index (κ3) is 2.71. The minimum absolute atomic E-state index is 0.0582. The van der Waals surface area contributed by atoms with E-state index in [2.05, 4.69) is 28.0 Å². The molecule has 0 bridgehead atoms. The van der Waals surface area contributed by atoms with Gasteiger partial charge in [-0.3, -0.25) is 15.0 Å². The molecule has 5 nitrogen and oxygen atoms in total. The predicted molar refractivity (Wildman–Crippen MR) is 86.2 cm³/mol. The highest BCUT2D eigenvalue weighted by Gasteiger charge is 2.34. The van der Waals surface area contributed by atoms with Crippen molar-refractivity contribution in [3.8, 4) is 0 Å². The molecule has 0 saturated carbocycles. The van der Waals surface area contributed by atoms with Crippen molar-refractivity contribution in [1.82, 2.24) is 5.43 Å². The number of benzene rings is 1. The summed E-state index contributed by atoms with van der Waals surface area (Å²) < 4.78 is 6.42. The van der Waals surface area contributed by atoms with Crippen molar-refractivity contribution in [3.63, 3.8) is 0 Å². The average molecular weight is 394 g/mol.